The Morgan fingerprint density at radius 3 is 2.72 bits per heavy atom. The summed E-state index contributed by atoms with van der Waals surface area (Å²) in [6.07, 6.45) is 1.42. The van der Waals surface area contributed by atoms with Gasteiger partial charge in [-0.05, 0) is 34.8 Å². The molecule has 9 heteroatoms. The van der Waals surface area contributed by atoms with Crippen molar-refractivity contribution in [3.8, 4) is 0 Å². The first kappa shape index (κ1) is 19.2. The van der Waals surface area contributed by atoms with Crippen LogP contribution in [0.1, 0.15) is 20.8 Å². The molecule has 0 fully saturated rings. The molecule has 1 N–H and O–H groups in total. The van der Waals surface area contributed by atoms with E-state index in [-0.39, 0.29) is 33.0 Å². The highest BCUT2D eigenvalue weighted by atomic mass is 35.5. The van der Waals surface area contributed by atoms with Gasteiger partial charge in [-0.3, -0.25) is 14.2 Å². The van der Waals surface area contributed by atoms with Gasteiger partial charge in [0.1, 0.15) is 16.2 Å². The van der Waals surface area contributed by atoms with E-state index >= 15 is 0 Å². The zero-order valence-corrected chi connectivity index (χ0v) is 16.5. The molecule has 0 unspecified atom stereocenters. The van der Waals surface area contributed by atoms with Crippen LogP contribution in [0.2, 0.25) is 5.02 Å². The molecule has 6 nitrogen and oxygen atoms in total. The van der Waals surface area contributed by atoms with Gasteiger partial charge in [-0.1, -0.05) is 48.0 Å². The van der Waals surface area contributed by atoms with Gasteiger partial charge in [0.05, 0.1) is 12.9 Å². The number of hydrogen-bond acceptors (Lipinski definition) is 5. The zero-order chi connectivity index (χ0) is 20.4. The molecule has 2 aromatic heterocycles. The first-order valence-electron chi connectivity index (χ1n) is 8.64. The highest BCUT2D eigenvalue weighted by Crippen LogP contribution is 2.20. The lowest BCUT2D eigenvalue weighted by atomic mass is 10.2. The van der Waals surface area contributed by atoms with Crippen LogP contribution in [0.3, 0.4) is 0 Å². The summed E-state index contributed by atoms with van der Waals surface area (Å²) >= 11 is 6.89. The Bertz CT molecular complexity index is 1260. The molecule has 2 aromatic carbocycles. The maximum absolute atomic E-state index is 13.1. The quantitative estimate of drug-likeness (QED) is 0.526. The predicted octanol–water partition coefficient (Wildman–Crippen LogP) is 3.62. The minimum atomic E-state index is -0.450. The Morgan fingerprint density at radius 1 is 1.17 bits per heavy atom. The zero-order valence-electron chi connectivity index (χ0n) is 14.9. The number of halogens is 2. The van der Waals surface area contributed by atoms with Gasteiger partial charge >= 0.3 is 0 Å². The second kappa shape index (κ2) is 8.10. The molecule has 0 atom stereocenters. The molecule has 2 heterocycles. The minimum absolute atomic E-state index is 0.114. The molecule has 0 bridgehead atoms. The number of carbonyl (C=O) groups excluding carboxylic acids is 1. The highest BCUT2D eigenvalue weighted by molar-refractivity contribution is 7.09. The topological polar surface area (TPSA) is 76.9 Å². The van der Waals surface area contributed by atoms with Gasteiger partial charge in [0, 0.05) is 11.6 Å². The van der Waals surface area contributed by atoms with Crippen molar-refractivity contribution in [2.45, 2.75) is 13.1 Å². The highest BCUT2D eigenvalue weighted by Gasteiger charge is 2.19. The Morgan fingerprint density at radius 2 is 1.97 bits per heavy atom. The second-order valence-corrected chi connectivity index (χ2v) is 7.47. The molecule has 1 amide bonds. The number of amides is 1. The smallest absolute Gasteiger partial charge is 0.281 e. The van der Waals surface area contributed by atoms with Crippen molar-refractivity contribution in [3.05, 3.63) is 92.1 Å². The fourth-order valence-electron chi connectivity index (χ4n) is 2.82. The molecule has 4 aromatic rings. The Kier molecular flexibility index (Phi) is 5.37. The summed E-state index contributed by atoms with van der Waals surface area (Å²) in [7, 11) is 0. The third-order valence-corrected chi connectivity index (χ3v) is 5.50. The van der Waals surface area contributed by atoms with Crippen LogP contribution in [0.25, 0.3) is 11.0 Å². The SMILES string of the molecule is O=C(NCc1ccc(F)cc1Cl)c1snc2c(=O)n(Cc3ccccc3)cnc12. The minimum Gasteiger partial charge on any atom is -0.347 e. The molecule has 29 heavy (non-hydrogen) atoms. The van der Waals surface area contributed by atoms with E-state index in [4.69, 9.17) is 11.6 Å². The Labute approximate surface area is 173 Å². The van der Waals surface area contributed by atoms with E-state index in [2.05, 4.69) is 14.7 Å². The first-order valence-corrected chi connectivity index (χ1v) is 9.79. The molecule has 0 radical (unpaired) electrons. The van der Waals surface area contributed by atoms with Crippen LogP contribution in [-0.4, -0.2) is 19.8 Å². The van der Waals surface area contributed by atoms with Crippen LogP contribution in [0.4, 0.5) is 4.39 Å². The molecule has 0 aliphatic heterocycles. The number of benzene rings is 2. The van der Waals surface area contributed by atoms with E-state index in [1.807, 2.05) is 30.3 Å². The van der Waals surface area contributed by atoms with Crippen molar-refractivity contribution in [1.82, 2.24) is 19.2 Å². The summed E-state index contributed by atoms with van der Waals surface area (Å²) in [4.78, 5) is 29.8. The summed E-state index contributed by atoms with van der Waals surface area (Å²) < 4.78 is 18.7. The number of fused-ring (bicyclic) bond motifs is 1. The molecule has 0 saturated carbocycles. The fourth-order valence-corrected chi connectivity index (χ4v) is 3.80. The molecule has 4 rings (SSSR count). The summed E-state index contributed by atoms with van der Waals surface area (Å²) in [5, 5.41) is 2.93. The molecule has 146 valence electrons. The number of nitrogens with zero attached hydrogens (tertiary/aromatic N) is 3. The summed E-state index contributed by atoms with van der Waals surface area (Å²) in [5.74, 6) is -0.875. The molecule has 0 aliphatic rings. The summed E-state index contributed by atoms with van der Waals surface area (Å²) in [5.41, 5.74) is 1.63. The molecule has 0 saturated heterocycles. The summed E-state index contributed by atoms with van der Waals surface area (Å²) in [6.45, 7) is 0.479. The molecule has 0 spiro atoms. The lowest BCUT2D eigenvalue weighted by Gasteiger charge is -2.07. The van der Waals surface area contributed by atoms with Crippen LogP contribution in [0.15, 0.2) is 59.7 Å². The van der Waals surface area contributed by atoms with Crippen molar-refractivity contribution >= 4 is 40.1 Å². The van der Waals surface area contributed by atoms with Crippen molar-refractivity contribution in [1.29, 1.82) is 0 Å². The van der Waals surface area contributed by atoms with Crippen LogP contribution in [-0.2, 0) is 13.1 Å². The van der Waals surface area contributed by atoms with Gasteiger partial charge in [0.25, 0.3) is 11.5 Å². The largest absolute Gasteiger partial charge is 0.347 e. The third kappa shape index (κ3) is 4.03. The van der Waals surface area contributed by atoms with Gasteiger partial charge < -0.3 is 5.32 Å². The second-order valence-electron chi connectivity index (χ2n) is 6.29. The Hall–Kier alpha value is -3.10. The van der Waals surface area contributed by atoms with E-state index in [0.29, 0.717) is 12.1 Å². The number of nitrogens with one attached hydrogen (secondary N) is 1. The number of aromatic nitrogens is 3. The van der Waals surface area contributed by atoms with E-state index in [9.17, 15) is 14.0 Å². The maximum atomic E-state index is 13.1. The van der Waals surface area contributed by atoms with Gasteiger partial charge in [-0.15, -0.1) is 0 Å². The maximum Gasteiger partial charge on any atom is 0.281 e. The lowest BCUT2D eigenvalue weighted by molar-refractivity contribution is 0.0956. The molecular formula is C20H14ClFN4O2S. The van der Waals surface area contributed by atoms with Gasteiger partial charge in [-0.2, -0.15) is 4.37 Å². The van der Waals surface area contributed by atoms with Gasteiger partial charge in [-0.25, -0.2) is 9.37 Å². The van der Waals surface area contributed by atoms with E-state index in [0.717, 1.165) is 17.1 Å². The van der Waals surface area contributed by atoms with Gasteiger partial charge in [0.15, 0.2) is 5.52 Å². The average molecular weight is 429 g/mol. The summed E-state index contributed by atoms with van der Waals surface area (Å²) in [6, 6.07) is 13.5. The van der Waals surface area contributed by atoms with E-state index in [1.54, 1.807) is 0 Å². The fraction of sp³-hybridized carbons (Fsp3) is 0.100. The van der Waals surface area contributed by atoms with Crippen LogP contribution in [0.5, 0.6) is 0 Å². The average Bonchev–Trinajstić information content (AvgIpc) is 3.15. The van der Waals surface area contributed by atoms with Crippen LogP contribution < -0.4 is 10.9 Å². The van der Waals surface area contributed by atoms with Crippen LogP contribution in [0, 0.1) is 5.82 Å². The van der Waals surface area contributed by atoms with Crippen molar-refractivity contribution in [3.63, 3.8) is 0 Å². The van der Waals surface area contributed by atoms with E-state index in [1.165, 1.54) is 29.1 Å². The molecular weight excluding hydrogens is 415 g/mol. The molecule has 0 aliphatic carbocycles. The lowest BCUT2D eigenvalue weighted by Crippen LogP contribution is -2.24. The Balaban J connectivity index is 1.56. The standard InChI is InChI=1S/C20H14ClFN4O2S/c21-15-8-14(22)7-6-13(15)9-23-19(27)18-16-17(25-29-18)20(28)26(11-24-16)10-12-4-2-1-3-5-12/h1-8,11H,9-10H2,(H,23,27). The predicted molar refractivity (Wildman–Crippen MR) is 110 cm³/mol. The van der Waals surface area contributed by atoms with Gasteiger partial charge in [0.2, 0.25) is 0 Å². The number of carbonyl (C=O) groups is 1. The van der Waals surface area contributed by atoms with Crippen LogP contribution >= 0.6 is 23.1 Å². The van der Waals surface area contributed by atoms with Crippen molar-refractivity contribution in [2.24, 2.45) is 0 Å². The first-order chi connectivity index (χ1) is 14.0. The third-order valence-electron chi connectivity index (χ3n) is 4.31. The normalized spacial score (nSPS) is 11.0. The monoisotopic (exact) mass is 428 g/mol. The van der Waals surface area contributed by atoms with Crippen molar-refractivity contribution < 1.29 is 9.18 Å². The number of rotatable bonds is 5. The van der Waals surface area contributed by atoms with E-state index < -0.39 is 11.7 Å². The van der Waals surface area contributed by atoms with Crippen molar-refractivity contribution in [2.75, 3.05) is 0 Å². The number of hydrogen-bond donors (Lipinski definition) is 1.